The van der Waals surface area contributed by atoms with Crippen LogP contribution >= 0.6 is 0 Å². The molecule has 0 aromatic carbocycles. The normalized spacial score (nSPS) is 14.9. The number of nitrogens with one attached hydrogen (secondary N) is 1. The van der Waals surface area contributed by atoms with Crippen LogP contribution in [0, 0.1) is 5.82 Å². The van der Waals surface area contributed by atoms with Gasteiger partial charge in [0, 0.05) is 32.3 Å². The lowest BCUT2D eigenvalue weighted by Gasteiger charge is -2.26. The zero-order chi connectivity index (χ0) is 14.4. The minimum atomic E-state index is -0.660. The average molecular weight is 279 g/mol. The highest BCUT2D eigenvalue weighted by Crippen LogP contribution is 2.09. The Balaban J connectivity index is 1.76. The monoisotopic (exact) mass is 279 g/mol. The Morgan fingerprint density at radius 1 is 1.30 bits per heavy atom. The molecule has 0 radical (unpaired) electrons. The van der Waals surface area contributed by atoms with Crippen molar-refractivity contribution in [2.24, 2.45) is 0 Å². The summed E-state index contributed by atoms with van der Waals surface area (Å²) in [7, 11) is 0. The van der Waals surface area contributed by atoms with Crippen LogP contribution in [-0.2, 0) is 4.79 Å². The number of carbonyl (C=O) groups excluding carboxylic acids is 2. The highest BCUT2D eigenvalue weighted by Gasteiger charge is 2.17. The van der Waals surface area contributed by atoms with Crippen molar-refractivity contribution >= 4 is 11.8 Å². The molecule has 1 N–H and O–H groups in total. The molecular weight excluding hydrogens is 261 g/mol. The summed E-state index contributed by atoms with van der Waals surface area (Å²) < 4.78 is 13.3. The zero-order valence-corrected chi connectivity index (χ0v) is 11.3. The molecule has 0 spiro atoms. The number of rotatable bonds is 4. The third-order valence-electron chi connectivity index (χ3n) is 3.35. The van der Waals surface area contributed by atoms with Crippen molar-refractivity contribution < 1.29 is 14.0 Å². The first kappa shape index (κ1) is 14.4. The van der Waals surface area contributed by atoms with E-state index in [0.717, 1.165) is 32.1 Å². The predicted molar refractivity (Wildman–Crippen MR) is 71.6 cm³/mol. The first-order valence-corrected chi connectivity index (χ1v) is 6.84. The number of nitrogens with zero attached hydrogens (tertiary/aromatic N) is 2. The van der Waals surface area contributed by atoms with Crippen molar-refractivity contribution in [2.75, 3.05) is 19.6 Å². The molecule has 1 aliphatic heterocycles. The first-order valence-electron chi connectivity index (χ1n) is 6.84. The van der Waals surface area contributed by atoms with Crippen molar-refractivity contribution in [3.8, 4) is 0 Å². The van der Waals surface area contributed by atoms with Gasteiger partial charge in [0.2, 0.25) is 5.91 Å². The Hall–Kier alpha value is -1.98. The van der Waals surface area contributed by atoms with E-state index in [2.05, 4.69) is 10.3 Å². The van der Waals surface area contributed by atoms with Gasteiger partial charge in [-0.2, -0.15) is 0 Å². The van der Waals surface area contributed by atoms with Crippen molar-refractivity contribution in [2.45, 2.75) is 25.7 Å². The molecule has 0 saturated carbocycles. The Labute approximate surface area is 117 Å². The molecule has 2 heterocycles. The van der Waals surface area contributed by atoms with Crippen molar-refractivity contribution in [3.05, 3.63) is 29.8 Å². The van der Waals surface area contributed by atoms with E-state index in [4.69, 9.17) is 0 Å². The van der Waals surface area contributed by atoms with E-state index in [9.17, 15) is 14.0 Å². The van der Waals surface area contributed by atoms with Gasteiger partial charge in [-0.1, -0.05) is 0 Å². The van der Waals surface area contributed by atoms with Gasteiger partial charge in [0.25, 0.3) is 5.91 Å². The fourth-order valence-corrected chi connectivity index (χ4v) is 2.24. The summed E-state index contributed by atoms with van der Waals surface area (Å²) in [6.45, 7) is 1.81. The fraction of sp³-hybridized carbons (Fsp3) is 0.500. The zero-order valence-electron chi connectivity index (χ0n) is 11.3. The maximum absolute atomic E-state index is 13.3. The van der Waals surface area contributed by atoms with Crippen LogP contribution in [-0.4, -0.2) is 41.3 Å². The summed E-state index contributed by atoms with van der Waals surface area (Å²) in [4.78, 5) is 29.0. The molecule has 20 heavy (non-hydrogen) atoms. The van der Waals surface area contributed by atoms with Crippen LogP contribution in [0.1, 0.15) is 36.0 Å². The number of hydrogen-bond acceptors (Lipinski definition) is 3. The summed E-state index contributed by atoms with van der Waals surface area (Å²) in [5.74, 6) is -1.14. The van der Waals surface area contributed by atoms with Gasteiger partial charge in [-0.25, -0.2) is 4.39 Å². The average Bonchev–Trinajstić information content (AvgIpc) is 2.48. The number of amides is 2. The smallest absolute Gasteiger partial charge is 0.254 e. The van der Waals surface area contributed by atoms with Crippen LogP contribution in [0.25, 0.3) is 0 Å². The lowest BCUT2D eigenvalue weighted by Crippen LogP contribution is -2.37. The third kappa shape index (κ3) is 3.76. The summed E-state index contributed by atoms with van der Waals surface area (Å²) in [6.07, 6.45) is 5.85. The van der Waals surface area contributed by atoms with Gasteiger partial charge >= 0.3 is 0 Å². The molecule has 6 heteroatoms. The lowest BCUT2D eigenvalue weighted by atomic mass is 10.1. The SMILES string of the molecule is O=C(NCCC(=O)N1CCCCC1)c1ccncc1F. The number of hydrogen-bond donors (Lipinski definition) is 1. The quantitative estimate of drug-likeness (QED) is 0.905. The van der Waals surface area contributed by atoms with E-state index < -0.39 is 11.7 Å². The molecule has 2 amide bonds. The van der Waals surface area contributed by atoms with E-state index in [-0.39, 0.29) is 24.4 Å². The van der Waals surface area contributed by atoms with E-state index in [0.29, 0.717) is 0 Å². The fourth-order valence-electron chi connectivity index (χ4n) is 2.24. The summed E-state index contributed by atoms with van der Waals surface area (Å²) >= 11 is 0. The van der Waals surface area contributed by atoms with Crippen molar-refractivity contribution in [1.29, 1.82) is 0 Å². The minimum Gasteiger partial charge on any atom is -0.351 e. The van der Waals surface area contributed by atoms with Gasteiger partial charge in [-0.3, -0.25) is 14.6 Å². The highest BCUT2D eigenvalue weighted by atomic mass is 19.1. The molecule has 0 unspecified atom stereocenters. The number of aromatic nitrogens is 1. The van der Waals surface area contributed by atoms with E-state index in [1.165, 1.54) is 18.7 Å². The third-order valence-corrected chi connectivity index (χ3v) is 3.35. The molecule has 108 valence electrons. The lowest BCUT2D eigenvalue weighted by molar-refractivity contribution is -0.131. The standard InChI is InChI=1S/C14H18FN3O2/c15-12-10-16-6-4-11(12)14(20)17-7-5-13(19)18-8-2-1-3-9-18/h4,6,10H,1-3,5,7-9H2,(H,17,20). The number of likely N-dealkylation sites (tertiary alicyclic amines) is 1. The molecule has 1 aromatic rings. The van der Waals surface area contributed by atoms with Gasteiger partial charge in [0.05, 0.1) is 11.8 Å². The number of piperidine rings is 1. The van der Waals surface area contributed by atoms with E-state index in [1.807, 2.05) is 4.90 Å². The molecule has 0 bridgehead atoms. The molecule has 5 nitrogen and oxygen atoms in total. The van der Waals surface area contributed by atoms with Crippen LogP contribution in [0.15, 0.2) is 18.5 Å². The summed E-state index contributed by atoms with van der Waals surface area (Å²) in [6, 6.07) is 1.32. The Bertz CT molecular complexity index is 487. The second kappa shape index (κ2) is 6.98. The number of halogens is 1. The van der Waals surface area contributed by atoms with Gasteiger partial charge in [-0.05, 0) is 25.3 Å². The van der Waals surface area contributed by atoms with Gasteiger partial charge < -0.3 is 10.2 Å². The van der Waals surface area contributed by atoms with Crippen molar-refractivity contribution in [1.82, 2.24) is 15.2 Å². The van der Waals surface area contributed by atoms with E-state index in [1.54, 1.807) is 0 Å². The predicted octanol–water partition coefficient (Wildman–Crippen LogP) is 1.35. The molecule has 1 aliphatic rings. The molecule has 0 atom stereocenters. The first-order chi connectivity index (χ1) is 9.68. The van der Waals surface area contributed by atoms with Crippen LogP contribution in [0.4, 0.5) is 4.39 Å². The van der Waals surface area contributed by atoms with Crippen LogP contribution < -0.4 is 5.32 Å². The molecule has 0 aliphatic carbocycles. The largest absolute Gasteiger partial charge is 0.351 e. The molecule has 1 aromatic heterocycles. The number of carbonyl (C=O) groups is 2. The number of pyridine rings is 1. The van der Waals surface area contributed by atoms with Crippen LogP contribution in [0.3, 0.4) is 0 Å². The van der Waals surface area contributed by atoms with Crippen LogP contribution in [0.5, 0.6) is 0 Å². The van der Waals surface area contributed by atoms with Gasteiger partial charge in [0.15, 0.2) is 5.82 Å². The minimum absolute atomic E-state index is 0.0419. The van der Waals surface area contributed by atoms with Gasteiger partial charge in [0.1, 0.15) is 0 Å². The van der Waals surface area contributed by atoms with Crippen LogP contribution in [0.2, 0.25) is 0 Å². The second-order valence-corrected chi connectivity index (χ2v) is 4.80. The Morgan fingerprint density at radius 3 is 2.75 bits per heavy atom. The maximum atomic E-state index is 13.3. The molecule has 1 saturated heterocycles. The Morgan fingerprint density at radius 2 is 2.05 bits per heavy atom. The molecule has 1 fully saturated rings. The highest BCUT2D eigenvalue weighted by molar-refractivity contribution is 5.94. The second-order valence-electron chi connectivity index (χ2n) is 4.80. The van der Waals surface area contributed by atoms with Crippen molar-refractivity contribution in [3.63, 3.8) is 0 Å². The summed E-state index contributed by atoms with van der Waals surface area (Å²) in [5, 5.41) is 2.56. The molecule has 2 rings (SSSR count). The molecular formula is C14H18FN3O2. The Kier molecular flexibility index (Phi) is 5.03. The topological polar surface area (TPSA) is 62.3 Å². The maximum Gasteiger partial charge on any atom is 0.254 e. The van der Waals surface area contributed by atoms with E-state index >= 15 is 0 Å². The summed E-state index contributed by atoms with van der Waals surface area (Å²) in [5.41, 5.74) is -0.0505. The van der Waals surface area contributed by atoms with Gasteiger partial charge in [-0.15, -0.1) is 0 Å².